The lowest BCUT2D eigenvalue weighted by Crippen LogP contribution is -2.23. The molecule has 1 heterocycles. The molecule has 0 bridgehead atoms. The molecule has 0 amide bonds. The van der Waals surface area contributed by atoms with Crippen molar-refractivity contribution in [1.82, 2.24) is 9.29 Å². The Bertz CT molecular complexity index is 470. The second kappa shape index (κ2) is 6.36. The average Bonchev–Trinajstić information content (AvgIpc) is 2.36. The summed E-state index contributed by atoms with van der Waals surface area (Å²) in [6.07, 6.45) is 2.22. The van der Waals surface area contributed by atoms with Crippen molar-refractivity contribution in [2.75, 3.05) is 25.3 Å². The van der Waals surface area contributed by atoms with Gasteiger partial charge in [-0.2, -0.15) is 0 Å². The van der Waals surface area contributed by atoms with E-state index in [2.05, 4.69) is 10.3 Å². The third-order valence-electron chi connectivity index (χ3n) is 2.55. The monoisotopic (exact) mass is 291 g/mol. The van der Waals surface area contributed by atoms with Gasteiger partial charge in [-0.25, -0.2) is 17.7 Å². The largest absolute Gasteiger partial charge is 0.366 e. The highest BCUT2D eigenvalue weighted by molar-refractivity contribution is 7.89. The summed E-state index contributed by atoms with van der Waals surface area (Å²) < 4.78 is 24.8. The predicted octanol–water partition coefficient (Wildman–Crippen LogP) is 1.76. The van der Waals surface area contributed by atoms with Crippen molar-refractivity contribution >= 4 is 27.4 Å². The molecule has 18 heavy (non-hydrogen) atoms. The molecule has 7 heteroatoms. The van der Waals surface area contributed by atoms with E-state index in [4.69, 9.17) is 11.6 Å². The summed E-state index contributed by atoms with van der Waals surface area (Å²) in [5.74, 6) is 1.11. The first kappa shape index (κ1) is 15.2. The summed E-state index contributed by atoms with van der Waals surface area (Å²) in [4.78, 5) is 4.27. The normalized spacial score (nSPS) is 13.6. The number of hydrogen-bond acceptors (Lipinski definition) is 4. The van der Waals surface area contributed by atoms with Crippen LogP contribution >= 0.6 is 11.6 Å². The van der Waals surface area contributed by atoms with Crippen LogP contribution in [0, 0.1) is 0 Å². The van der Waals surface area contributed by atoms with Crippen molar-refractivity contribution in [3.63, 3.8) is 0 Å². The fourth-order valence-electron chi connectivity index (χ4n) is 1.29. The Morgan fingerprint density at radius 3 is 2.50 bits per heavy atom. The third kappa shape index (κ3) is 3.57. The number of nitrogens with one attached hydrogen (secondary N) is 1. The molecular formula is C11H18ClN3O2S. The number of rotatable bonds is 6. The number of pyridine rings is 1. The molecule has 0 fully saturated rings. The molecule has 1 atom stereocenters. The molecule has 1 unspecified atom stereocenters. The second-order valence-corrected chi connectivity index (χ2v) is 6.53. The molecule has 0 aromatic carbocycles. The maximum absolute atomic E-state index is 11.8. The van der Waals surface area contributed by atoms with Crippen LogP contribution < -0.4 is 5.32 Å². The van der Waals surface area contributed by atoms with Gasteiger partial charge in [0.25, 0.3) is 0 Å². The van der Waals surface area contributed by atoms with Gasteiger partial charge in [0.1, 0.15) is 10.7 Å². The van der Waals surface area contributed by atoms with E-state index in [0.29, 0.717) is 11.7 Å². The van der Waals surface area contributed by atoms with E-state index < -0.39 is 10.0 Å². The van der Waals surface area contributed by atoms with E-state index in [0.717, 1.165) is 10.7 Å². The summed E-state index contributed by atoms with van der Waals surface area (Å²) in [5, 5.41) is 3.13. The molecule has 0 aliphatic carbocycles. The molecule has 0 spiro atoms. The van der Waals surface area contributed by atoms with Crippen LogP contribution in [0.25, 0.3) is 0 Å². The van der Waals surface area contributed by atoms with Crippen LogP contribution in [0.2, 0.25) is 0 Å². The Hall–Kier alpha value is -0.850. The van der Waals surface area contributed by atoms with Crippen molar-refractivity contribution < 1.29 is 8.42 Å². The maximum Gasteiger partial charge on any atom is 0.244 e. The SMILES string of the molecule is CCC(CCl)Nc1ccc(S(=O)(=O)N(C)C)cn1. The number of sulfonamides is 1. The van der Waals surface area contributed by atoms with Crippen LogP contribution in [-0.2, 0) is 10.0 Å². The van der Waals surface area contributed by atoms with E-state index in [1.54, 1.807) is 6.07 Å². The van der Waals surface area contributed by atoms with Gasteiger partial charge in [0, 0.05) is 32.2 Å². The Morgan fingerprint density at radius 2 is 2.11 bits per heavy atom. The topological polar surface area (TPSA) is 62.3 Å². The summed E-state index contributed by atoms with van der Waals surface area (Å²) >= 11 is 5.77. The number of hydrogen-bond donors (Lipinski definition) is 1. The van der Waals surface area contributed by atoms with Gasteiger partial charge < -0.3 is 5.32 Å². The van der Waals surface area contributed by atoms with Crippen molar-refractivity contribution in [2.45, 2.75) is 24.3 Å². The van der Waals surface area contributed by atoms with E-state index >= 15 is 0 Å². The molecule has 5 nitrogen and oxygen atoms in total. The quantitative estimate of drug-likeness (QED) is 0.811. The van der Waals surface area contributed by atoms with Gasteiger partial charge in [0.15, 0.2) is 0 Å². The van der Waals surface area contributed by atoms with Gasteiger partial charge >= 0.3 is 0 Å². The molecule has 102 valence electrons. The molecular weight excluding hydrogens is 274 g/mol. The number of aromatic nitrogens is 1. The van der Waals surface area contributed by atoms with Gasteiger partial charge in [0.2, 0.25) is 10.0 Å². The van der Waals surface area contributed by atoms with Gasteiger partial charge in [0.05, 0.1) is 0 Å². The number of halogens is 1. The van der Waals surface area contributed by atoms with Gasteiger partial charge in [-0.15, -0.1) is 11.6 Å². The average molecular weight is 292 g/mol. The molecule has 0 saturated carbocycles. The zero-order valence-electron chi connectivity index (χ0n) is 10.7. The zero-order valence-corrected chi connectivity index (χ0v) is 12.3. The summed E-state index contributed by atoms with van der Waals surface area (Å²) in [6, 6.07) is 3.31. The first-order valence-corrected chi connectivity index (χ1v) is 7.60. The minimum atomic E-state index is -3.42. The van der Waals surface area contributed by atoms with Crippen LogP contribution in [0.5, 0.6) is 0 Å². The Balaban J connectivity index is 2.87. The molecule has 0 aliphatic heterocycles. The molecule has 1 rings (SSSR count). The van der Waals surface area contributed by atoms with Gasteiger partial charge in [-0.3, -0.25) is 0 Å². The first-order valence-electron chi connectivity index (χ1n) is 5.63. The summed E-state index contributed by atoms with van der Waals surface area (Å²) in [6.45, 7) is 2.02. The van der Waals surface area contributed by atoms with E-state index in [9.17, 15) is 8.42 Å². The van der Waals surface area contributed by atoms with Crippen molar-refractivity contribution in [3.8, 4) is 0 Å². The molecule has 1 aromatic heterocycles. The van der Waals surface area contributed by atoms with E-state index in [1.165, 1.54) is 26.4 Å². The first-order chi connectivity index (χ1) is 8.41. The van der Waals surface area contributed by atoms with Crippen LogP contribution in [0.1, 0.15) is 13.3 Å². The predicted molar refractivity (Wildman–Crippen MR) is 73.5 cm³/mol. The lowest BCUT2D eigenvalue weighted by atomic mass is 10.2. The highest BCUT2D eigenvalue weighted by Gasteiger charge is 2.17. The van der Waals surface area contributed by atoms with Crippen LogP contribution in [0.4, 0.5) is 5.82 Å². The lowest BCUT2D eigenvalue weighted by molar-refractivity contribution is 0.520. The third-order valence-corrected chi connectivity index (χ3v) is 4.72. The van der Waals surface area contributed by atoms with Gasteiger partial charge in [-0.05, 0) is 18.6 Å². The minimum Gasteiger partial charge on any atom is -0.366 e. The number of nitrogens with zero attached hydrogens (tertiary/aromatic N) is 2. The van der Waals surface area contributed by atoms with Crippen molar-refractivity contribution in [3.05, 3.63) is 18.3 Å². The van der Waals surface area contributed by atoms with Crippen LogP contribution in [0.3, 0.4) is 0 Å². The molecule has 1 aromatic rings. The smallest absolute Gasteiger partial charge is 0.244 e. The standard InChI is InChI=1S/C11H18ClN3O2S/c1-4-9(7-12)14-11-6-5-10(8-13-11)18(16,17)15(2)3/h5-6,8-9H,4,7H2,1-3H3,(H,13,14). The highest BCUT2D eigenvalue weighted by Crippen LogP contribution is 2.15. The fourth-order valence-corrected chi connectivity index (χ4v) is 2.43. The molecule has 0 radical (unpaired) electrons. The highest BCUT2D eigenvalue weighted by atomic mass is 35.5. The molecule has 0 saturated heterocycles. The van der Waals surface area contributed by atoms with E-state index in [-0.39, 0.29) is 10.9 Å². The molecule has 0 aliphatic rings. The maximum atomic E-state index is 11.8. The number of alkyl halides is 1. The lowest BCUT2D eigenvalue weighted by Gasteiger charge is -2.15. The van der Waals surface area contributed by atoms with Crippen LogP contribution in [-0.4, -0.2) is 43.7 Å². The van der Waals surface area contributed by atoms with Gasteiger partial charge in [-0.1, -0.05) is 6.92 Å². The Labute approximate surface area is 113 Å². The van der Waals surface area contributed by atoms with E-state index in [1.807, 2.05) is 6.92 Å². The Morgan fingerprint density at radius 1 is 1.44 bits per heavy atom. The number of anilines is 1. The summed E-state index contributed by atoms with van der Waals surface area (Å²) in [7, 11) is -0.440. The summed E-state index contributed by atoms with van der Waals surface area (Å²) in [5.41, 5.74) is 0. The minimum absolute atomic E-state index is 0.135. The van der Waals surface area contributed by atoms with Crippen molar-refractivity contribution in [1.29, 1.82) is 0 Å². The second-order valence-electron chi connectivity index (χ2n) is 4.07. The van der Waals surface area contributed by atoms with Crippen LogP contribution in [0.15, 0.2) is 23.2 Å². The fraction of sp³-hybridized carbons (Fsp3) is 0.545. The Kier molecular flexibility index (Phi) is 5.37. The van der Waals surface area contributed by atoms with Crippen molar-refractivity contribution in [2.24, 2.45) is 0 Å². The zero-order chi connectivity index (χ0) is 13.8. The molecule has 1 N–H and O–H groups in total.